The van der Waals surface area contributed by atoms with Gasteiger partial charge in [-0.2, -0.15) is 0 Å². The van der Waals surface area contributed by atoms with Gasteiger partial charge in [0.25, 0.3) is 0 Å². The molecule has 0 aromatic rings. The molecule has 134 valence electrons. The Morgan fingerprint density at radius 2 is 1.74 bits per heavy atom. The summed E-state index contributed by atoms with van der Waals surface area (Å²) in [6.07, 6.45) is -1.06. The summed E-state index contributed by atoms with van der Waals surface area (Å²) < 4.78 is 10.3. The molecule has 2 N–H and O–H groups in total. The quantitative estimate of drug-likeness (QED) is 0.517. The van der Waals surface area contributed by atoms with E-state index in [0.717, 1.165) is 6.04 Å². The van der Waals surface area contributed by atoms with Gasteiger partial charge in [-0.15, -0.1) is 0 Å². The molecule has 0 aromatic carbocycles. The second-order valence-electron chi connectivity index (χ2n) is 7.61. The average molecular weight is 347 g/mol. The van der Waals surface area contributed by atoms with Crippen molar-refractivity contribution in [2.24, 2.45) is 0 Å². The van der Waals surface area contributed by atoms with E-state index in [2.05, 4.69) is 25.0 Å². The molecule has 0 aliphatic carbocycles. The van der Waals surface area contributed by atoms with E-state index >= 15 is 0 Å². The van der Waals surface area contributed by atoms with E-state index in [1.165, 1.54) is 0 Å². The first-order valence-corrected chi connectivity index (χ1v) is 11.4. The number of amides is 1. The highest BCUT2D eigenvalue weighted by molar-refractivity contribution is 6.76. The van der Waals surface area contributed by atoms with E-state index in [9.17, 15) is 14.4 Å². The normalized spacial score (nSPS) is 13.1. The molecule has 7 nitrogen and oxygen atoms in total. The molecule has 0 saturated carbocycles. The van der Waals surface area contributed by atoms with Crippen LogP contribution in [0.15, 0.2) is 0 Å². The van der Waals surface area contributed by atoms with Gasteiger partial charge in [-0.1, -0.05) is 19.6 Å². The third-order valence-electron chi connectivity index (χ3n) is 2.72. The molecule has 0 aromatic heterocycles. The molecule has 1 atom stereocenters. The minimum atomic E-state index is -1.34. The Balaban J connectivity index is 4.63. The average Bonchev–Trinajstić information content (AvgIpc) is 2.29. The maximum atomic E-state index is 12.1. The van der Waals surface area contributed by atoms with Gasteiger partial charge in [-0.3, -0.25) is 4.79 Å². The van der Waals surface area contributed by atoms with Crippen LogP contribution in [0.25, 0.3) is 0 Å². The maximum absolute atomic E-state index is 12.1. The molecule has 0 radical (unpaired) electrons. The van der Waals surface area contributed by atoms with Crippen LogP contribution in [0, 0.1) is 0 Å². The molecule has 0 bridgehead atoms. The van der Waals surface area contributed by atoms with Gasteiger partial charge >= 0.3 is 18.0 Å². The van der Waals surface area contributed by atoms with Gasteiger partial charge in [0.15, 0.2) is 0 Å². The summed E-state index contributed by atoms with van der Waals surface area (Å²) in [4.78, 5) is 34.5. The number of hydrogen-bond donors (Lipinski definition) is 2. The number of carbonyl (C=O) groups excluding carboxylic acids is 2. The van der Waals surface area contributed by atoms with E-state index in [1.807, 2.05) is 0 Å². The van der Waals surface area contributed by atoms with Crippen LogP contribution in [-0.2, 0) is 19.1 Å². The zero-order valence-corrected chi connectivity index (χ0v) is 15.9. The van der Waals surface area contributed by atoms with Crippen LogP contribution in [0.2, 0.25) is 25.7 Å². The third kappa shape index (κ3) is 12.6. The van der Waals surface area contributed by atoms with Gasteiger partial charge in [-0.05, 0) is 33.2 Å². The lowest BCUT2D eigenvalue weighted by Crippen LogP contribution is -2.44. The summed E-state index contributed by atoms with van der Waals surface area (Å²) in [5, 5.41) is 11.1. The van der Waals surface area contributed by atoms with Crippen LogP contribution < -0.4 is 5.32 Å². The van der Waals surface area contributed by atoms with E-state index in [0.29, 0.717) is 0 Å². The number of rotatable bonds is 8. The Hall–Kier alpha value is -1.57. The minimum Gasteiger partial charge on any atom is -0.481 e. The molecule has 0 aliphatic heterocycles. The summed E-state index contributed by atoms with van der Waals surface area (Å²) in [6, 6.07) is -0.223. The number of hydrogen-bond acceptors (Lipinski definition) is 5. The molecule has 0 rings (SSSR count). The number of esters is 1. The first-order valence-electron chi connectivity index (χ1n) is 7.68. The number of alkyl carbamates (subject to hydrolysis) is 1. The number of carbonyl (C=O) groups is 3. The maximum Gasteiger partial charge on any atom is 0.408 e. The molecular formula is C15H29NO6Si. The Morgan fingerprint density at radius 1 is 1.17 bits per heavy atom. The van der Waals surface area contributed by atoms with Crippen LogP contribution in [-0.4, -0.2) is 49.5 Å². The fourth-order valence-electron chi connectivity index (χ4n) is 1.52. The highest BCUT2D eigenvalue weighted by atomic mass is 28.3. The van der Waals surface area contributed by atoms with E-state index < -0.39 is 37.7 Å². The zero-order valence-electron chi connectivity index (χ0n) is 14.9. The largest absolute Gasteiger partial charge is 0.481 e. The highest BCUT2D eigenvalue weighted by Gasteiger charge is 2.26. The predicted molar refractivity (Wildman–Crippen MR) is 89.1 cm³/mol. The molecule has 8 heteroatoms. The lowest BCUT2D eigenvalue weighted by molar-refractivity contribution is -0.146. The SMILES string of the molecule is CC(C)(C)OC(=O)N[C@@H](CCC(=O)O)C(=O)OCC[Si](C)(C)C. The first kappa shape index (κ1) is 21.4. The van der Waals surface area contributed by atoms with Crippen LogP contribution in [0.1, 0.15) is 33.6 Å². The van der Waals surface area contributed by atoms with Crippen molar-refractivity contribution in [3.05, 3.63) is 0 Å². The van der Waals surface area contributed by atoms with Crippen LogP contribution in [0.3, 0.4) is 0 Å². The summed E-state index contributed by atoms with van der Waals surface area (Å²) in [6.45, 7) is 11.8. The topological polar surface area (TPSA) is 102 Å². The zero-order chi connectivity index (χ0) is 18.3. The Bertz CT molecular complexity index is 425. The number of nitrogens with one attached hydrogen (secondary N) is 1. The standard InChI is InChI=1S/C15H29NO6Si/c1-15(2,3)22-14(20)16-11(7-8-12(17)18)13(19)21-9-10-23(4,5)6/h11H,7-10H2,1-6H3,(H,16,20)(H,17,18)/t11-/m0/s1. The first-order chi connectivity index (χ1) is 10.3. The molecule has 0 aliphatic rings. The number of aliphatic carboxylic acids is 1. The van der Waals surface area contributed by atoms with Crippen molar-refractivity contribution in [3.63, 3.8) is 0 Å². The number of carboxylic acid groups (broad SMARTS) is 1. The fraction of sp³-hybridized carbons (Fsp3) is 0.800. The van der Waals surface area contributed by atoms with Crippen LogP contribution in [0.5, 0.6) is 0 Å². The van der Waals surface area contributed by atoms with E-state index in [4.69, 9.17) is 14.6 Å². The Labute approximate surface area is 138 Å². The summed E-state index contributed by atoms with van der Waals surface area (Å²) >= 11 is 0. The molecule has 0 spiro atoms. The Kier molecular flexibility index (Phi) is 8.29. The van der Waals surface area contributed by atoms with Gasteiger partial charge < -0.3 is 19.9 Å². The van der Waals surface area contributed by atoms with Gasteiger partial charge in [0.2, 0.25) is 0 Å². The van der Waals surface area contributed by atoms with Crippen molar-refractivity contribution in [1.29, 1.82) is 0 Å². The summed E-state index contributed by atoms with van der Waals surface area (Å²) in [5.41, 5.74) is -0.705. The lowest BCUT2D eigenvalue weighted by atomic mass is 10.1. The van der Waals surface area contributed by atoms with Gasteiger partial charge in [0.1, 0.15) is 11.6 Å². The Morgan fingerprint density at radius 3 is 2.17 bits per heavy atom. The smallest absolute Gasteiger partial charge is 0.408 e. The highest BCUT2D eigenvalue weighted by Crippen LogP contribution is 2.10. The van der Waals surface area contributed by atoms with Crippen molar-refractivity contribution in [2.75, 3.05) is 6.61 Å². The lowest BCUT2D eigenvalue weighted by Gasteiger charge is -2.23. The van der Waals surface area contributed by atoms with Gasteiger partial charge in [-0.25, -0.2) is 9.59 Å². The second kappa shape index (κ2) is 8.90. The molecule has 1 amide bonds. The summed E-state index contributed by atoms with van der Waals surface area (Å²) in [7, 11) is -1.34. The second-order valence-corrected chi connectivity index (χ2v) is 13.2. The van der Waals surface area contributed by atoms with E-state index in [-0.39, 0.29) is 19.4 Å². The van der Waals surface area contributed by atoms with Crippen LogP contribution >= 0.6 is 0 Å². The molecular weight excluding hydrogens is 318 g/mol. The third-order valence-corrected chi connectivity index (χ3v) is 4.42. The van der Waals surface area contributed by atoms with Crippen molar-refractivity contribution in [2.45, 2.75) is 70.9 Å². The molecule has 0 unspecified atom stereocenters. The van der Waals surface area contributed by atoms with Crippen molar-refractivity contribution in [3.8, 4) is 0 Å². The van der Waals surface area contributed by atoms with Crippen molar-refractivity contribution >= 4 is 26.1 Å². The van der Waals surface area contributed by atoms with E-state index in [1.54, 1.807) is 20.8 Å². The van der Waals surface area contributed by atoms with Gasteiger partial charge in [0.05, 0.1) is 6.61 Å². The fourth-order valence-corrected chi connectivity index (χ4v) is 2.24. The van der Waals surface area contributed by atoms with Gasteiger partial charge in [0, 0.05) is 14.5 Å². The molecule has 0 fully saturated rings. The number of ether oxygens (including phenoxy) is 2. The van der Waals surface area contributed by atoms with Crippen LogP contribution in [0.4, 0.5) is 4.79 Å². The number of carboxylic acids is 1. The summed E-state index contributed by atoms with van der Waals surface area (Å²) in [5.74, 6) is -1.67. The van der Waals surface area contributed by atoms with Crippen molar-refractivity contribution in [1.82, 2.24) is 5.32 Å². The monoisotopic (exact) mass is 347 g/mol. The minimum absolute atomic E-state index is 0.0413. The predicted octanol–water partition coefficient (Wildman–Crippen LogP) is 2.63. The molecule has 23 heavy (non-hydrogen) atoms. The molecule has 0 saturated heterocycles. The van der Waals surface area contributed by atoms with Crippen molar-refractivity contribution < 1.29 is 29.0 Å². The molecule has 0 heterocycles.